The normalized spacial score (nSPS) is 15.1. The van der Waals surface area contributed by atoms with Crippen molar-refractivity contribution in [1.82, 2.24) is 4.57 Å². The summed E-state index contributed by atoms with van der Waals surface area (Å²) >= 11 is 0. The summed E-state index contributed by atoms with van der Waals surface area (Å²) in [6.07, 6.45) is 0.836. The molecule has 0 unspecified atom stereocenters. The number of benzene rings is 2. The number of aromatic nitrogens is 1. The maximum atomic E-state index is 12.8. The molecule has 2 heterocycles. The van der Waals surface area contributed by atoms with Crippen LogP contribution >= 0.6 is 0 Å². The Morgan fingerprint density at radius 1 is 1.06 bits per heavy atom. The van der Waals surface area contributed by atoms with Gasteiger partial charge in [-0.15, -0.1) is 0 Å². The van der Waals surface area contributed by atoms with Crippen LogP contribution in [0, 0.1) is 13.8 Å². The highest BCUT2D eigenvalue weighted by Crippen LogP contribution is 2.31. The predicted octanol–water partition coefficient (Wildman–Crippen LogP) is 3.39. The summed E-state index contributed by atoms with van der Waals surface area (Å²) in [5.41, 5.74) is 2.12. The Balaban J connectivity index is 1.42. The number of hydrogen-bond acceptors (Lipinski definition) is 7. The summed E-state index contributed by atoms with van der Waals surface area (Å²) in [5.74, 6) is 0.279. The number of para-hydroxylation sites is 2. The van der Waals surface area contributed by atoms with E-state index in [0.717, 1.165) is 17.6 Å². The predicted molar refractivity (Wildman–Crippen MR) is 124 cm³/mol. The maximum absolute atomic E-state index is 12.8. The molecule has 34 heavy (non-hydrogen) atoms. The monoisotopic (exact) mass is 483 g/mol. The van der Waals surface area contributed by atoms with Crippen molar-refractivity contribution in [2.75, 3.05) is 19.5 Å². The lowest BCUT2D eigenvalue weighted by Gasteiger charge is -2.27. The van der Waals surface area contributed by atoms with E-state index < -0.39 is 22.4 Å². The molecule has 3 aromatic rings. The molecule has 0 spiro atoms. The van der Waals surface area contributed by atoms with E-state index in [9.17, 15) is 18.0 Å². The van der Waals surface area contributed by atoms with Gasteiger partial charge in [0, 0.05) is 23.2 Å². The summed E-state index contributed by atoms with van der Waals surface area (Å²) in [6, 6.07) is 14.8. The van der Waals surface area contributed by atoms with E-state index in [-0.39, 0.29) is 22.3 Å². The van der Waals surface area contributed by atoms with Gasteiger partial charge in [-0.2, -0.15) is 0 Å². The summed E-state index contributed by atoms with van der Waals surface area (Å²) in [5, 5.41) is 0. The van der Waals surface area contributed by atoms with Crippen LogP contribution in [0.25, 0.3) is 0 Å². The van der Waals surface area contributed by atoms with E-state index in [1.165, 1.54) is 24.3 Å². The number of aryl methyl sites for hydroxylation is 1. The van der Waals surface area contributed by atoms with Gasteiger partial charge in [-0.3, -0.25) is 4.79 Å². The van der Waals surface area contributed by atoms with Gasteiger partial charge < -0.3 is 18.8 Å². The Labute approximate surface area is 198 Å². The summed E-state index contributed by atoms with van der Waals surface area (Å²) in [7, 11) is -3.47. The van der Waals surface area contributed by atoms with Crippen LogP contribution in [0.1, 0.15) is 32.1 Å². The second kappa shape index (κ2) is 9.34. The third-order valence-electron chi connectivity index (χ3n) is 5.66. The molecule has 1 aromatic heterocycles. The van der Waals surface area contributed by atoms with Crippen molar-refractivity contribution in [3.8, 4) is 11.5 Å². The van der Waals surface area contributed by atoms with Crippen molar-refractivity contribution in [2.45, 2.75) is 31.4 Å². The van der Waals surface area contributed by atoms with Crippen LogP contribution in [-0.2, 0) is 21.1 Å². The van der Waals surface area contributed by atoms with Crippen LogP contribution in [0.5, 0.6) is 11.5 Å². The van der Waals surface area contributed by atoms with E-state index in [2.05, 4.69) is 0 Å². The maximum Gasteiger partial charge on any atom is 0.338 e. The topological polar surface area (TPSA) is 101 Å². The second-order valence-corrected chi connectivity index (χ2v) is 10.2. The van der Waals surface area contributed by atoms with E-state index in [4.69, 9.17) is 14.2 Å². The largest absolute Gasteiger partial charge is 0.486 e. The fourth-order valence-electron chi connectivity index (χ4n) is 3.87. The van der Waals surface area contributed by atoms with Gasteiger partial charge in [0.1, 0.15) is 6.61 Å². The number of rotatable bonds is 7. The van der Waals surface area contributed by atoms with Gasteiger partial charge in [-0.1, -0.05) is 18.2 Å². The van der Waals surface area contributed by atoms with Crippen molar-refractivity contribution in [3.05, 3.63) is 77.1 Å². The molecule has 0 aliphatic carbocycles. The number of carbonyl (C=O) groups excluding carboxylic acids is 2. The fourth-order valence-corrected chi connectivity index (χ4v) is 4.53. The quantitative estimate of drug-likeness (QED) is 0.375. The molecular weight excluding hydrogens is 458 g/mol. The molecule has 1 aliphatic rings. The Kier molecular flexibility index (Phi) is 6.47. The Bertz CT molecular complexity index is 1360. The Hall–Kier alpha value is -3.59. The first-order valence-electron chi connectivity index (χ1n) is 10.7. The van der Waals surface area contributed by atoms with Crippen LogP contribution in [0.4, 0.5) is 0 Å². The van der Waals surface area contributed by atoms with Crippen LogP contribution in [0.15, 0.2) is 59.5 Å². The van der Waals surface area contributed by atoms with Crippen LogP contribution in [-0.4, -0.2) is 50.3 Å². The fraction of sp³-hybridized carbons (Fsp3) is 0.280. The molecule has 8 nitrogen and oxygen atoms in total. The van der Waals surface area contributed by atoms with Gasteiger partial charge in [0.05, 0.1) is 17.0 Å². The molecule has 0 saturated carbocycles. The molecule has 1 atom stereocenters. The van der Waals surface area contributed by atoms with Crippen molar-refractivity contribution in [1.29, 1.82) is 0 Å². The lowest BCUT2D eigenvalue weighted by molar-refractivity contribution is 0.0474. The molecule has 178 valence electrons. The molecule has 0 saturated heterocycles. The van der Waals surface area contributed by atoms with Gasteiger partial charge in [0.15, 0.2) is 34.0 Å². The second-order valence-electron chi connectivity index (χ2n) is 8.19. The zero-order valence-corrected chi connectivity index (χ0v) is 19.9. The zero-order valence-electron chi connectivity index (χ0n) is 19.1. The lowest BCUT2D eigenvalue weighted by atomic mass is 10.1. The molecule has 9 heteroatoms. The number of carbonyl (C=O) groups is 2. The van der Waals surface area contributed by atoms with Gasteiger partial charge in [-0.05, 0) is 50.2 Å². The summed E-state index contributed by atoms with van der Waals surface area (Å²) in [4.78, 5) is 25.2. The lowest BCUT2D eigenvalue weighted by Crippen LogP contribution is -2.33. The highest BCUT2D eigenvalue weighted by Gasteiger charge is 2.24. The first-order chi connectivity index (χ1) is 16.1. The minimum absolute atomic E-state index is 0.00774. The number of fused-ring (bicyclic) bond motifs is 1. The van der Waals surface area contributed by atoms with E-state index >= 15 is 0 Å². The first kappa shape index (κ1) is 23.6. The standard InChI is InChI=1S/C25H25NO7S/c1-16-11-21(17(2)26(16)13-19-14-31-23-9-4-5-10-24(23)33-19)22(27)15-32-25(28)18-7-6-8-20(12-18)34(3,29)30/h4-12,19H,13-15H2,1-3H3/t19-/m0/s1. The first-order valence-corrected chi connectivity index (χ1v) is 12.6. The van der Waals surface area contributed by atoms with Crippen LogP contribution in [0.2, 0.25) is 0 Å². The van der Waals surface area contributed by atoms with Crippen LogP contribution in [0.3, 0.4) is 0 Å². The summed E-state index contributed by atoms with van der Waals surface area (Å²) < 4.78 is 42.4. The SMILES string of the molecule is Cc1cc(C(=O)COC(=O)c2cccc(S(C)(=O)=O)c2)c(C)n1C[C@H]1COc2ccccc2O1. The molecule has 0 bridgehead atoms. The molecule has 0 amide bonds. The molecule has 2 aromatic carbocycles. The van der Waals surface area contributed by atoms with Gasteiger partial charge in [0.25, 0.3) is 0 Å². The molecular formula is C25H25NO7S. The molecule has 4 rings (SSSR count). The average molecular weight is 484 g/mol. The van der Waals surface area contributed by atoms with Gasteiger partial charge in [-0.25, -0.2) is 13.2 Å². The average Bonchev–Trinajstić information content (AvgIpc) is 3.10. The Morgan fingerprint density at radius 3 is 2.53 bits per heavy atom. The summed E-state index contributed by atoms with van der Waals surface area (Å²) in [6.45, 7) is 4.15. The molecule has 0 radical (unpaired) electrons. The van der Waals surface area contributed by atoms with Crippen molar-refractivity contribution >= 4 is 21.6 Å². The number of Topliss-reactive ketones (excluding diaryl/α,β-unsaturated/α-hetero) is 1. The van der Waals surface area contributed by atoms with Gasteiger partial charge >= 0.3 is 5.97 Å². The third kappa shape index (κ3) is 4.99. The number of esters is 1. The molecule has 1 aliphatic heterocycles. The number of ether oxygens (including phenoxy) is 3. The third-order valence-corrected chi connectivity index (χ3v) is 6.77. The van der Waals surface area contributed by atoms with E-state index in [1.807, 2.05) is 42.7 Å². The number of ketones is 1. The highest BCUT2D eigenvalue weighted by atomic mass is 32.2. The smallest absolute Gasteiger partial charge is 0.338 e. The number of sulfone groups is 1. The van der Waals surface area contributed by atoms with Crippen molar-refractivity contribution in [2.24, 2.45) is 0 Å². The number of nitrogens with zero attached hydrogens (tertiary/aromatic N) is 1. The van der Waals surface area contributed by atoms with E-state index in [0.29, 0.717) is 30.2 Å². The molecule has 0 N–H and O–H groups in total. The minimum atomic E-state index is -3.47. The van der Waals surface area contributed by atoms with Gasteiger partial charge in [0.2, 0.25) is 5.78 Å². The van der Waals surface area contributed by atoms with Crippen molar-refractivity contribution in [3.63, 3.8) is 0 Å². The molecule has 0 fully saturated rings. The minimum Gasteiger partial charge on any atom is -0.486 e. The zero-order chi connectivity index (χ0) is 24.5. The highest BCUT2D eigenvalue weighted by molar-refractivity contribution is 7.90. The van der Waals surface area contributed by atoms with E-state index in [1.54, 1.807) is 6.07 Å². The Morgan fingerprint density at radius 2 is 1.79 bits per heavy atom. The van der Waals surface area contributed by atoms with Crippen LogP contribution < -0.4 is 9.47 Å². The number of hydrogen-bond donors (Lipinski definition) is 0. The van der Waals surface area contributed by atoms with Crippen molar-refractivity contribution < 1.29 is 32.2 Å².